The molecule has 3 N–H and O–H groups in total. The average Bonchev–Trinajstić information content (AvgIpc) is 2.60. The summed E-state index contributed by atoms with van der Waals surface area (Å²) in [5.41, 5.74) is 7.02. The lowest BCUT2D eigenvalue weighted by Crippen LogP contribution is -2.25. The molecule has 7 nitrogen and oxygen atoms in total. The van der Waals surface area contributed by atoms with E-state index in [0.29, 0.717) is 29.0 Å². The molecule has 0 saturated heterocycles. The van der Waals surface area contributed by atoms with Gasteiger partial charge in [0.25, 0.3) is 0 Å². The van der Waals surface area contributed by atoms with Crippen LogP contribution in [-0.2, 0) is 11.3 Å². The molecule has 0 spiro atoms. The highest BCUT2D eigenvalue weighted by molar-refractivity contribution is 5.77. The Hall–Kier alpha value is -2.70. The van der Waals surface area contributed by atoms with E-state index >= 15 is 0 Å². The molecule has 0 unspecified atom stereocenters. The lowest BCUT2D eigenvalue weighted by molar-refractivity contribution is 0.204. The maximum atomic E-state index is 5.93. The molecular formula is C19H30N4O3. The van der Waals surface area contributed by atoms with Gasteiger partial charge in [0.1, 0.15) is 18.1 Å². The molecule has 0 bridgehead atoms. The predicted octanol–water partition coefficient (Wildman–Crippen LogP) is 3.13. The van der Waals surface area contributed by atoms with Crippen LogP contribution in [0.15, 0.2) is 41.1 Å². The Kier molecular flexibility index (Phi) is 9.05. The van der Waals surface area contributed by atoms with Gasteiger partial charge in [-0.3, -0.25) is 4.98 Å². The first-order valence-corrected chi connectivity index (χ1v) is 8.57. The zero-order chi connectivity index (χ0) is 19.5. The third kappa shape index (κ3) is 6.66. The van der Waals surface area contributed by atoms with Crippen molar-refractivity contribution in [3.63, 3.8) is 0 Å². The van der Waals surface area contributed by atoms with Gasteiger partial charge in [0.05, 0.1) is 26.1 Å². The summed E-state index contributed by atoms with van der Waals surface area (Å²) in [5, 5.41) is 3.41. The van der Waals surface area contributed by atoms with Crippen molar-refractivity contribution in [3.8, 4) is 11.5 Å². The molecule has 0 aliphatic heterocycles. The SMILES string of the molecule is C=C(N)N=C/C(OCc1nccc(OC)c1OC)=C(\C)N[C@@H](C)CCC. The number of methoxy groups -OCH3 is 2. The Morgan fingerprint density at radius 1 is 1.42 bits per heavy atom. The molecule has 0 aromatic carbocycles. The van der Waals surface area contributed by atoms with Gasteiger partial charge in [-0.2, -0.15) is 0 Å². The van der Waals surface area contributed by atoms with Crippen LogP contribution >= 0.6 is 0 Å². The molecular weight excluding hydrogens is 332 g/mol. The Bertz CT molecular complexity index is 656. The van der Waals surface area contributed by atoms with Gasteiger partial charge in [0, 0.05) is 18.3 Å². The monoisotopic (exact) mass is 362 g/mol. The van der Waals surface area contributed by atoms with Crippen molar-refractivity contribution < 1.29 is 14.2 Å². The van der Waals surface area contributed by atoms with Crippen molar-refractivity contribution in [2.24, 2.45) is 10.7 Å². The van der Waals surface area contributed by atoms with Crippen LogP contribution in [0.5, 0.6) is 11.5 Å². The van der Waals surface area contributed by atoms with E-state index in [0.717, 1.165) is 18.5 Å². The third-order valence-corrected chi connectivity index (χ3v) is 3.63. The Labute approximate surface area is 156 Å². The summed E-state index contributed by atoms with van der Waals surface area (Å²) < 4.78 is 16.6. The van der Waals surface area contributed by atoms with E-state index in [9.17, 15) is 0 Å². The van der Waals surface area contributed by atoms with Crippen molar-refractivity contribution >= 4 is 6.21 Å². The molecule has 1 atom stereocenters. The second-order valence-electron chi connectivity index (χ2n) is 5.85. The zero-order valence-electron chi connectivity index (χ0n) is 16.3. The highest BCUT2D eigenvalue weighted by Gasteiger charge is 2.13. The summed E-state index contributed by atoms with van der Waals surface area (Å²) in [6.45, 7) is 9.97. The zero-order valence-corrected chi connectivity index (χ0v) is 16.3. The van der Waals surface area contributed by atoms with Crippen molar-refractivity contribution in [1.29, 1.82) is 0 Å². The quantitative estimate of drug-likeness (QED) is 0.464. The van der Waals surface area contributed by atoms with E-state index in [1.165, 1.54) is 0 Å². The van der Waals surface area contributed by atoms with Gasteiger partial charge < -0.3 is 25.3 Å². The normalized spacial score (nSPS) is 13.1. The standard InChI is InChI=1S/C19H30N4O3/c1-7-8-13(2)23-14(3)18(11-22-15(4)20)26-12-16-19(25-6)17(24-5)9-10-21-16/h9-11,13,23H,4,7-8,12,20H2,1-3,5-6H3/b18-14-,22-11?/t13-/m0/s1. The molecule has 1 heterocycles. The number of pyridine rings is 1. The van der Waals surface area contributed by atoms with Crippen molar-refractivity contribution in [3.05, 3.63) is 41.8 Å². The van der Waals surface area contributed by atoms with Gasteiger partial charge >= 0.3 is 0 Å². The molecule has 144 valence electrons. The van der Waals surface area contributed by atoms with Crippen LogP contribution in [0, 0.1) is 0 Å². The summed E-state index contributed by atoms with van der Waals surface area (Å²) in [4.78, 5) is 8.36. The van der Waals surface area contributed by atoms with Gasteiger partial charge in [0.2, 0.25) is 0 Å². The van der Waals surface area contributed by atoms with Crippen LogP contribution in [0.25, 0.3) is 0 Å². The van der Waals surface area contributed by atoms with Crippen LogP contribution in [0.3, 0.4) is 0 Å². The number of nitrogens with zero attached hydrogens (tertiary/aromatic N) is 2. The van der Waals surface area contributed by atoms with E-state index in [1.54, 1.807) is 32.7 Å². The number of rotatable bonds is 11. The van der Waals surface area contributed by atoms with Crippen LogP contribution in [-0.4, -0.2) is 31.5 Å². The fourth-order valence-corrected chi connectivity index (χ4v) is 2.43. The number of hydrogen-bond acceptors (Lipinski definition) is 7. The molecule has 1 rings (SSSR count). The molecule has 1 aromatic heterocycles. The first-order valence-electron chi connectivity index (χ1n) is 8.57. The van der Waals surface area contributed by atoms with Crippen LogP contribution in [0.2, 0.25) is 0 Å². The number of nitrogens with two attached hydrogens (primary N) is 1. The number of allylic oxidation sites excluding steroid dienone is 2. The predicted molar refractivity (Wildman–Crippen MR) is 104 cm³/mol. The fraction of sp³-hybridized carbons (Fsp3) is 0.474. The van der Waals surface area contributed by atoms with E-state index in [-0.39, 0.29) is 12.4 Å². The summed E-state index contributed by atoms with van der Waals surface area (Å²) in [6, 6.07) is 2.05. The van der Waals surface area contributed by atoms with Gasteiger partial charge in [-0.15, -0.1) is 0 Å². The topological polar surface area (TPSA) is 91.0 Å². The molecule has 0 saturated carbocycles. The van der Waals surface area contributed by atoms with Gasteiger partial charge in [0.15, 0.2) is 17.3 Å². The first-order chi connectivity index (χ1) is 12.4. The minimum atomic E-state index is 0.194. The second kappa shape index (κ2) is 11.0. The number of aromatic nitrogens is 1. The van der Waals surface area contributed by atoms with Crippen LogP contribution in [0.4, 0.5) is 0 Å². The number of hydrogen-bond donors (Lipinski definition) is 2. The lowest BCUT2D eigenvalue weighted by Gasteiger charge is -2.18. The van der Waals surface area contributed by atoms with Gasteiger partial charge in [-0.25, -0.2) is 4.99 Å². The molecule has 1 aromatic rings. The van der Waals surface area contributed by atoms with Crippen LogP contribution < -0.4 is 20.5 Å². The molecule has 0 aliphatic rings. The van der Waals surface area contributed by atoms with Gasteiger partial charge in [-0.05, 0) is 20.3 Å². The Balaban J connectivity index is 3.02. The summed E-state index contributed by atoms with van der Waals surface area (Å²) in [6.07, 6.45) is 5.34. The van der Waals surface area contributed by atoms with Crippen molar-refractivity contribution in [2.75, 3.05) is 14.2 Å². The first kappa shape index (κ1) is 21.3. The second-order valence-corrected chi connectivity index (χ2v) is 5.85. The lowest BCUT2D eigenvalue weighted by atomic mass is 10.2. The summed E-state index contributed by atoms with van der Waals surface area (Å²) in [7, 11) is 3.15. The van der Waals surface area contributed by atoms with E-state index < -0.39 is 0 Å². The van der Waals surface area contributed by atoms with Crippen LogP contribution in [0.1, 0.15) is 39.3 Å². The van der Waals surface area contributed by atoms with Crippen molar-refractivity contribution in [2.45, 2.75) is 46.3 Å². The number of ether oxygens (including phenoxy) is 3. The molecule has 0 amide bonds. The highest BCUT2D eigenvalue weighted by Crippen LogP contribution is 2.29. The van der Waals surface area contributed by atoms with E-state index in [2.05, 4.69) is 35.7 Å². The molecule has 26 heavy (non-hydrogen) atoms. The van der Waals surface area contributed by atoms with E-state index in [1.807, 2.05) is 6.92 Å². The minimum absolute atomic E-state index is 0.194. The number of aliphatic imine (C=N–C) groups is 1. The molecule has 0 aliphatic carbocycles. The van der Waals surface area contributed by atoms with Crippen molar-refractivity contribution in [1.82, 2.24) is 10.3 Å². The van der Waals surface area contributed by atoms with Gasteiger partial charge in [-0.1, -0.05) is 19.9 Å². The third-order valence-electron chi connectivity index (χ3n) is 3.63. The largest absolute Gasteiger partial charge is 0.493 e. The molecule has 7 heteroatoms. The summed E-state index contributed by atoms with van der Waals surface area (Å²) >= 11 is 0. The fourth-order valence-electron chi connectivity index (χ4n) is 2.43. The average molecular weight is 362 g/mol. The highest BCUT2D eigenvalue weighted by atomic mass is 16.5. The Morgan fingerprint density at radius 2 is 2.15 bits per heavy atom. The molecule has 0 radical (unpaired) electrons. The Morgan fingerprint density at radius 3 is 2.73 bits per heavy atom. The minimum Gasteiger partial charge on any atom is -0.493 e. The van der Waals surface area contributed by atoms with E-state index in [4.69, 9.17) is 19.9 Å². The summed E-state index contributed by atoms with van der Waals surface area (Å²) in [5.74, 6) is 1.91. The maximum Gasteiger partial charge on any atom is 0.185 e. The maximum absolute atomic E-state index is 5.93. The smallest absolute Gasteiger partial charge is 0.185 e. The number of nitrogens with one attached hydrogen (secondary N) is 1. The molecule has 0 fully saturated rings.